The van der Waals surface area contributed by atoms with Gasteiger partial charge in [-0.3, -0.25) is 4.79 Å². The van der Waals surface area contributed by atoms with Crippen LogP contribution in [0, 0.1) is 27.7 Å². The smallest absolute Gasteiger partial charge is 0.144 e. The Bertz CT molecular complexity index is 594. The standard InChI is InChI=1S/C16H19NOS/c1-10-5-6-14(7-11(10)2)8-15(18)9-16-17-12(3)13(4)19-16/h5-7H,8-9H2,1-4H3. The predicted octanol–water partition coefficient (Wildman–Crippen LogP) is 3.73. The zero-order valence-corrected chi connectivity index (χ0v) is 12.7. The summed E-state index contributed by atoms with van der Waals surface area (Å²) in [6.45, 7) is 8.20. The molecule has 2 nitrogen and oxygen atoms in total. The maximum atomic E-state index is 12.1. The van der Waals surface area contributed by atoms with Gasteiger partial charge in [0.15, 0.2) is 0 Å². The van der Waals surface area contributed by atoms with Crippen LogP contribution in [0.25, 0.3) is 0 Å². The zero-order valence-electron chi connectivity index (χ0n) is 11.9. The molecule has 0 saturated heterocycles. The monoisotopic (exact) mass is 273 g/mol. The first-order chi connectivity index (χ1) is 8.95. The lowest BCUT2D eigenvalue weighted by Gasteiger charge is -2.04. The van der Waals surface area contributed by atoms with Gasteiger partial charge in [-0.05, 0) is 44.4 Å². The quantitative estimate of drug-likeness (QED) is 0.849. The van der Waals surface area contributed by atoms with Crippen molar-refractivity contribution in [3.05, 3.63) is 50.5 Å². The molecule has 0 aliphatic rings. The van der Waals surface area contributed by atoms with Crippen molar-refractivity contribution in [2.75, 3.05) is 0 Å². The Morgan fingerprint density at radius 3 is 2.42 bits per heavy atom. The number of aromatic nitrogens is 1. The van der Waals surface area contributed by atoms with Gasteiger partial charge in [-0.25, -0.2) is 4.98 Å². The molecule has 1 aromatic carbocycles. The Labute approximate surface area is 118 Å². The highest BCUT2D eigenvalue weighted by atomic mass is 32.1. The largest absolute Gasteiger partial charge is 0.299 e. The van der Waals surface area contributed by atoms with Gasteiger partial charge in [0, 0.05) is 11.3 Å². The summed E-state index contributed by atoms with van der Waals surface area (Å²) in [5.41, 5.74) is 4.64. The van der Waals surface area contributed by atoms with Crippen molar-refractivity contribution >= 4 is 17.1 Å². The topological polar surface area (TPSA) is 30.0 Å². The number of Topliss-reactive ketones (excluding diaryl/α,β-unsaturated/α-hetero) is 1. The molecule has 1 aromatic heterocycles. The molecule has 0 aliphatic heterocycles. The first-order valence-corrected chi connectivity index (χ1v) is 7.28. The number of aryl methyl sites for hydroxylation is 4. The van der Waals surface area contributed by atoms with Gasteiger partial charge in [0.2, 0.25) is 0 Å². The molecule has 1 heterocycles. The van der Waals surface area contributed by atoms with E-state index >= 15 is 0 Å². The second-order valence-corrected chi connectivity index (χ2v) is 6.35. The van der Waals surface area contributed by atoms with Crippen molar-refractivity contribution in [2.45, 2.75) is 40.5 Å². The van der Waals surface area contributed by atoms with E-state index in [0.29, 0.717) is 12.8 Å². The summed E-state index contributed by atoms with van der Waals surface area (Å²) in [4.78, 5) is 17.7. The molecular formula is C16H19NOS. The first-order valence-electron chi connectivity index (χ1n) is 6.46. The third-order valence-electron chi connectivity index (χ3n) is 3.39. The lowest BCUT2D eigenvalue weighted by molar-refractivity contribution is -0.117. The second kappa shape index (κ2) is 5.66. The lowest BCUT2D eigenvalue weighted by atomic mass is 10.0. The van der Waals surface area contributed by atoms with Crippen LogP contribution < -0.4 is 0 Å². The van der Waals surface area contributed by atoms with Crippen LogP contribution in [0.3, 0.4) is 0 Å². The number of ketones is 1. The number of hydrogen-bond acceptors (Lipinski definition) is 3. The van der Waals surface area contributed by atoms with Crippen LogP contribution >= 0.6 is 11.3 Å². The summed E-state index contributed by atoms with van der Waals surface area (Å²) in [6, 6.07) is 6.22. The predicted molar refractivity (Wildman–Crippen MR) is 79.9 cm³/mol. The molecule has 0 unspecified atom stereocenters. The molecule has 0 spiro atoms. The molecule has 0 radical (unpaired) electrons. The summed E-state index contributed by atoms with van der Waals surface area (Å²) in [6.07, 6.45) is 0.949. The second-order valence-electron chi connectivity index (χ2n) is 5.06. The van der Waals surface area contributed by atoms with Crippen molar-refractivity contribution in [3.63, 3.8) is 0 Å². The number of rotatable bonds is 4. The first kappa shape index (κ1) is 13.9. The Hall–Kier alpha value is -1.48. The molecular weight excluding hydrogens is 254 g/mol. The Morgan fingerprint density at radius 1 is 1.11 bits per heavy atom. The van der Waals surface area contributed by atoms with E-state index in [4.69, 9.17) is 0 Å². The van der Waals surface area contributed by atoms with Gasteiger partial charge >= 0.3 is 0 Å². The Balaban J connectivity index is 2.03. The van der Waals surface area contributed by atoms with Gasteiger partial charge in [0.05, 0.1) is 12.1 Å². The average Bonchev–Trinajstić information content (AvgIpc) is 2.63. The van der Waals surface area contributed by atoms with Gasteiger partial charge < -0.3 is 0 Å². The fourth-order valence-corrected chi connectivity index (χ4v) is 2.95. The fourth-order valence-electron chi connectivity index (χ4n) is 1.99. The number of carbonyl (C=O) groups excluding carboxylic acids is 1. The molecule has 19 heavy (non-hydrogen) atoms. The third kappa shape index (κ3) is 3.51. The number of nitrogens with zero attached hydrogens (tertiary/aromatic N) is 1. The molecule has 100 valence electrons. The van der Waals surface area contributed by atoms with Crippen molar-refractivity contribution in [1.82, 2.24) is 4.98 Å². The van der Waals surface area contributed by atoms with E-state index < -0.39 is 0 Å². The molecule has 2 aromatic rings. The van der Waals surface area contributed by atoms with E-state index in [0.717, 1.165) is 16.3 Å². The van der Waals surface area contributed by atoms with Crippen LogP contribution in [-0.4, -0.2) is 10.8 Å². The molecule has 0 amide bonds. The van der Waals surface area contributed by atoms with Crippen molar-refractivity contribution in [1.29, 1.82) is 0 Å². The summed E-state index contributed by atoms with van der Waals surface area (Å²) >= 11 is 1.63. The number of hydrogen-bond donors (Lipinski definition) is 0. The SMILES string of the molecule is Cc1ccc(CC(=O)Cc2nc(C)c(C)s2)cc1C. The van der Waals surface area contributed by atoms with Gasteiger partial charge in [0.25, 0.3) is 0 Å². The van der Waals surface area contributed by atoms with Crippen LogP contribution in [0.15, 0.2) is 18.2 Å². The van der Waals surface area contributed by atoms with E-state index in [1.165, 1.54) is 16.0 Å². The van der Waals surface area contributed by atoms with Gasteiger partial charge in [0.1, 0.15) is 10.8 Å². The highest BCUT2D eigenvalue weighted by Crippen LogP contribution is 2.18. The van der Waals surface area contributed by atoms with E-state index in [9.17, 15) is 4.79 Å². The molecule has 0 fully saturated rings. The van der Waals surface area contributed by atoms with Gasteiger partial charge in [-0.2, -0.15) is 0 Å². The summed E-state index contributed by atoms with van der Waals surface area (Å²) in [7, 11) is 0. The summed E-state index contributed by atoms with van der Waals surface area (Å²) < 4.78 is 0. The van der Waals surface area contributed by atoms with Gasteiger partial charge in [-0.15, -0.1) is 11.3 Å². The number of carbonyl (C=O) groups is 1. The van der Waals surface area contributed by atoms with Crippen LogP contribution in [0.4, 0.5) is 0 Å². The van der Waals surface area contributed by atoms with Crippen molar-refractivity contribution < 1.29 is 4.79 Å². The highest BCUT2D eigenvalue weighted by Gasteiger charge is 2.10. The molecule has 0 N–H and O–H groups in total. The number of thiazole rings is 1. The minimum Gasteiger partial charge on any atom is -0.299 e. The molecule has 3 heteroatoms. The summed E-state index contributed by atoms with van der Waals surface area (Å²) in [5.74, 6) is 0.233. The van der Waals surface area contributed by atoms with Crippen LogP contribution in [0.2, 0.25) is 0 Å². The van der Waals surface area contributed by atoms with E-state index in [-0.39, 0.29) is 5.78 Å². The van der Waals surface area contributed by atoms with E-state index in [1.54, 1.807) is 11.3 Å². The minimum atomic E-state index is 0.233. The molecule has 0 bridgehead atoms. The molecule has 0 atom stereocenters. The van der Waals surface area contributed by atoms with Gasteiger partial charge in [-0.1, -0.05) is 18.2 Å². The van der Waals surface area contributed by atoms with Crippen LogP contribution in [0.5, 0.6) is 0 Å². The zero-order chi connectivity index (χ0) is 14.0. The lowest BCUT2D eigenvalue weighted by Crippen LogP contribution is -2.06. The maximum absolute atomic E-state index is 12.1. The average molecular weight is 273 g/mol. The molecule has 2 rings (SSSR count). The van der Waals surface area contributed by atoms with E-state index in [2.05, 4.69) is 31.0 Å². The minimum absolute atomic E-state index is 0.233. The maximum Gasteiger partial charge on any atom is 0.144 e. The number of benzene rings is 1. The van der Waals surface area contributed by atoms with Crippen LogP contribution in [0.1, 0.15) is 32.3 Å². The Morgan fingerprint density at radius 2 is 1.84 bits per heavy atom. The Kier molecular flexibility index (Phi) is 4.15. The molecule has 0 saturated carbocycles. The van der Waals surface area contributed by atoms with Crippen molar-refractivity contribution in [3.8, 4) is 0 Å². The highest BCUT2D eigenvalue weighted by molar-refractivity contribution is 7.11. The van der Waals surface area contributed by atoms with Crippen LogP contribution in [-0.2, 0) is 17.6 Å². The normalized spacial score (nSPS) is 10.7. The summed E-state index contributed by atoms with van der Waals surface area (Å²) in [5, 5.41) is 0.934. The molecule has 0 aliphatic carbocycles. The van der Waals surface area contributed by atoms with E-state index in [1.807, 2.05) is 19.9 Å². The third-order valence-corrected chi connectivity index (χ3v) is 4.47. The fraction of sp³-hybridized carbons (Fsp3) is 0.375. The van der Waals surface area contributed by atoms with Crippen molar-refractivity contribution in [2.24, 2.45) is 0 Å².